The Kier molecular flexibility index (Phi) is 6.20. The molecule has 1 aromatic carbocycles. The van der Waals surface area contributed by atoms with Gasteiger partial charge in [0.2, 0.25) is 5.91 Å². The van der Waals surface area contributed by atoms with Crippen molar-refractivity contribution < 1.29 is 9.53 Å². The minimum atomic E-state index is -0.394. The number of anilines is 2. The Bertz CT molecular complexity index is 934. The number of amides is 1. The van der Waals surface area contributed by atoms with Crippen molar-refractivity contribution in [1.29, 1.82) is 0 Å². The van der Waals surface area contributed by atoms with Gasteiger partial charge in [-0.05, 0) is 30.5 Å². The number of nitrogens with zero attached hydrogens (tertiary/aromatic N) is 5. The molecule has 0 unspecified atom stereocenters. The van der Waals surface area contributed by atoms with Crippen molar-refractivity contribution >= 4 is 29.0 Å². The largest absolute Gasteiger partial charge is 0.378 e. The normalized spacial score (nSPS) is 21.1. The number of halogens is 1. The smallest absolute Gasteiger partial charge is 0.233 e. The van der Waals surface area contributed by atoms with E-state index in [-0.39, 0.29) is 5.91 Å². The van der Waals surface area contributed by atoms with E-state index in [1.807, 2.05) is 30.5 Å². The van der Waals surface area contributed by atoms with E-state index >= 15 is 0 Å². The second-order valence-electron chi connectivity index (χ2n) is 8.95. The quantitative estimate of drug-likeness (QED) is 0.705. The topological polar surface area (TPSA) is 61.8 Å². The molecule has 0 bridgehead atoms. The highest BCUT2D eigenvalue weighted by molar-refractivity contribution is 6.30. The lowest BCUT2D eigenvalue weighted by Crippen LogP contribution is -2.54. The maximum absolute atomic E-state index is 13.7. The third-order valence-corrected chi connectivity index (χ3v) is 7.41. The van der Waals surface area contributed by atoms with Crippen LogP contribution in [0.15, 0.2) is 36.5 Å². The molecule has 1 aromatic heterocycles. The molecule has 2 aliphatic heterocycles. The van der Waals surface area contributed by atoms with Gasteiger partial charge < -0.3 is 19.4 Å². The predicted octanol–water partition coefficient (Wildman–Crippen LogP) is 3.13. The molecule has 1 saturated carbocycles. The highest BCUT2D eigenvalue weighted by atomic mass is 35.5. The van der Waals surface area contributed by atoms with Gasteiger partial charge in [0, 0.05) is 50.4 Å². The molecule has 3 fully saturated rings. The number of hydrogen-bond acceptors (Lipinski definition) is 6. The molecule has 8 heteroatoms. The van der Waals surface area contributed by atoms with Crippen LogP contribution in [0.5, 0.6) is 0 Å². The van der Waals surface area contributed by atoms with Crippen LogP contribution in [0, 0.1) is 0 Å². The predicted molar refractivity (Wildman–Crippen MR) is 125 cm³/mol. The number of benzene rings is 1. The molecule has 32 heavy (non-hydrogen) atoms. The van der Waals surface area contributed by atoms with E-state index in [1.54, 1.807) is 0 Å². The Morgan fingerprint density at radius 1 is 0.938 bits per heavy atom. The zero-order valence-corrected chi connectivity index (χ0v) is 19.1. The van der Waals surface area contributed by atoms with Gasteiger partial charge in [0.1, 0.15) is 0 Å². The fraction of sp³-hybridized carbons (Fsp3) is 0.542. The van der Waals surface area contributed by atoms with E-state index < -0.39 is 5.41 Å². The number of hydrogen-bond donors (Lipinski definition) is 0. The Hall–Kier alpha value is -2.38. The number of carbonyl (C=O) groups excluding carboxylic acids is 1. The van der Waals surface area contributed by atoms with Crippen molar-refractivity contribution in [2.45, 2.75) is 31.1 Å². The van der Waals surface area contributed by atoms with Gasteiger partial charge in [-0.25, -0.2) is 0 Å². The lowest BCUT2D eigenvalue weighted by atomic mass is 9.77. The number of aromatic nitrogens is 2. The van der Waals surface area contributed by atoms with Crippen molar-refractivity contribution in [1.82, 2.24) is 15.1 Å². The number of morpholine rings is 1. The SMILES string of the molecule is O=C(N1CCN(c2cnnc(N3CCOCC3)c2)CC1)C1(c2ccc(Cl)cc2)CCCC1. The van der Waals surface area contributed by atoms with E-state index in [1.165, 1.54) is 0 Å². The van der Waals surface area contributed by atoms with Gasteiger partial charge in [-0.2, -0.15) is 5.10 Å². The van der Waals surface area contributed by atoms with E-state index in [0.717, 1.165) is 95.2 Å². The Balaban J connectivity index is 1.27. The first kappa shape index (κ1) is 21.5. The number of piperazine rings is 1. The summed E-state index contributed by atoms with van der Waals surface area (Å²) in [5, 5.41) is 9.28. The van der Waals surface area contributed by atoms with Gasteiger partial charge in [0.05, 0.1) is 30.5 Å². The summed E-state index contributed by atoms with van der Waals surface area (Å²) in [6, 6.07) is 10.0. The van der Waals surface area contributed by atoms with Gasteiger partial charge in [-0.1, -0.05) is 36.6 Å². The van der Waals surface area contributed by atoms with Crippen LogP contribution in [0.3, 0.4) is 0 Å². The first-order chi connectivity index (χ1) is 15.7. The highest BCUT2D eigenvalue weighted by Crippen LogP contribution is 2.43. The zero-order chi connectivity index (χ0) is 22.0. The second kappa shape index (κ2) is 9.24. The number of carbonyl (C=O) groups is 1. The minimum Gasteiger partial charge on any atom is -0.378 e. The molecule has 2 aromatic rings. The molecule has 0 radical (unpaired) electrons. The molecule has 170 valence electrons. The lowest BCUT2D eigenvalue weighted by molar-refractivity contribution is -0.137. The summed E-state index contributed by atoms with van der Waals surface area (Å²) < 4.78 is 5.45. The Morgan fingerprint density at radius 3 is 2.31 bits per heavy atom. The minimum absolute atomic E-state index is 0.277. The lowest BCUT2D eigenvalue weighted by Gasteiger charge is -2.41. The zero-order valence-electron chi connectivity index (χ0n) is 18.4. The first-order valence-corrected chi connectivity index (χ1v) is 12.0. The molecule has 1 amide bonds. The number of ether oxygens (including phenoxy) is 1. The van der Waals surface area contributed by atoms with Crippen LogP contribution in [0.4, 0.5) is 11.5 Å². The Morgan fingerprint density at radius 2 is 1.62 bits per heavy atom. The highest BCUT2D eigenvalue weighted by Gasteiger charge is 2.45. The summed E-state index contributed by atoms with van der Waals surface area (Å²) in [5.74, 6) is 1.18. The van der Waals surface area contributed by atoms with Crippen LogP contribution >= 0.6 is 11.6 Å². The average molecular weight is 456 g/mol. The molecule has 3 heterocycles. The van der Waals surface area contributed by atoms with E-state index in [2.05, 4.69) is 31.0 Å². The van der Waals surface area contributed by atoms with Gasteiger partial charge in [0.15, 0.2) is 5.82 Å². The molecule has 0 spiro atoms. The molecule has 0 atom stereocenters. The van der Waals surface area contributed by atoms with E-state index in [9.17, 15) is 4.79 Å². The molecular formula is C24H30ClN5O2. The van der Waals surface area contributed by atoms with Crippen LogP contribution < -0.4 is 9.80 Å². The molecule has 2 saturated heterocycles. The molecule has 7 nitrogen and oxygen atoms in total. The van der Waals surface area contributed by atoms with Crippen LogP contribution in [0.1, 0.15) is 31.2 Å². The van der Waals surface area contributed by atoms with Crippen LogP contribution in [0.2, 0.25) is 5.02 Å². The maximum atomic E-state index is 13.7. The first-order valence-electron chi connectivity index (χ1n) is 11.6. The van der Waals surface area contributed by atoms with Gasteiger partial charge >= 0.3 is 0 Å². The van der Waals surface area contributed by atoms with Crippen molar-refractivity contribution in [3.8, 4) is 0 Å². The number of rotatable bonds is 4. The summed E-state index contributed by atoms with van der Waals surface area (Å²) in [6.45, 7) is 6.19. The van der Waals surface area contributed by atoms with Gasteiger partial charge in [-0.3, -0.25) is 4.79 Å². The van der Waals surface area contributed by atoms with Crippen molar-refractivity contribution in [3.05, 3.63) is 47.1 Å². The third kappa shape index (κ3) is 4.16. The third-order valence-electron chi connectivity index (χ3n) is 7.16. The van der Waals surface area contributed by atoms with Crippen molar-refractivity contribution in [2.24, 2.45) is 0 Å². The fourth-order valence-corrected chi connectivity index (χ4v) is 5.44. The summed E-state index contributed by atoms with van der Waals surface area (Å²) in [7, 11) is 0. The summed E-state index contributed by atoms with van der Waals surface area (Å²) >= 11 is 6.11. The molecule has 1 aliphatic carbocycles. The van der Waals surface area contributed by atoms with Gasteiger partial charge in [-0.15, -0.1) is 5.10 Å². The summed E-state index contributed by atoms with van der Waals surface area (Å²) in [6.07, 6.45) is 5.87. The summed E-state index contributed by atoms with van der Waals surface area (Å²) in [4.78, 5) is 20.3. The van der Waals surface area contributed by atoms with E-state index in [0.29, 0.717) is 5.02 Å². The van der Waals surface area contributed by atoms with E-state index in [4.69, 9.17) is 16.3 Å². The maximum Gasteiger partial charge on any atom is 0.233 e. The van der Waals surface area contributed by atoms with Crippen molar-refractivity contribution in [2.75, 3.05) is 62.3 Å². The standard InChI is InChI=1S/C24H30ClN5O2/c25-20-5-3-19(4-6-20)24(7-1-2-8-24)23(31)30-11-9-28(10-12-30)21-17-22(27-26-18-21)29-13-15-32-16-14-29/h3-6,17-18H,1-2,7-16H2. The van der Waals surface area contributed by atoms with Crippen molar-refractivity contribution in [3.63, 3.8) is 0 Å². The van der Waals surface area contributed by atoms with Gasteiger partial charge in [0.25, 0.3) is 0 Å². The average Bonchev–Trinajstić information content (AvgIpc) is 3.36. The van der Waals surface area contributed by atoms with Crippen LogP contribution in [-0.2, 0) is 14.9 Å². The molecule has 3 aliphatic rings. The molecule has 5 rings (SSSR count). The second-order valence-corrected chi connectivity index (χ2v) is 9.38. The van der Waals surface area contributed by atoms with Crippen LogP contribution in [0.25, 0.3) is 0 Å². The Labute approximate surface area is 194 Å². The summed E-state index contributed by atoms with van der Waals surface area (Å²) in [5.41, 5.74) is 1.79. The molecular weight excluding hydrogens is 426 g/mol. The fourth-order valence-electron chi connectivity index (χ4n) is 5.31. The van der Waals surface area contributed by atoms with Crippen LogP contribution in [-0.4, -0.2) is 73.5 Å². The monoisotopic (exact) mass is 455 g/mol. The molecule has 0 N–H and O–H groups in total.